The van der Waals surface area contributed by atoms with Crippen LogP contribution in [0.2, 0.25) is 0 Å². The highest BCUT2D eigenvalue weighted by Crippen LogP contribution is 2.31. The Labute approximate surface area is 140 Å². The summed E-state index contributed by atoms with van der Waals surface area (Å²) in [6.07, 6.45) is 1.19. The Kier molecular flexibility index (Phi) is 3.73. The summed E-state index contributed by atoms with van der Waals surface area (Å²) in [5, 5.41) is 4.30. The summed E-state index contributed by atoms with van der Waals surface area (Å²) >= 11 is 0. The molecule has 1 atom stereocenters. The molecule has 4 heteroatoms. The number of fused-ring (bicyclic) bond motifs is 2. The van der Waals surface area contributed by atoms with Gasteiger partial charge in [0.05, 0.1) is 19.1 Å². The summed E-state index contributed by atoms with van der Waals surface area (Å²) in [5.74, 6) is 0.918. The quantitative estimate of drug-likeness (QED) is 0.774. The number of nitrogens with one attached hydrogen (secondary N) is 2. The van der Waals surface area contributed by atoms with Gasteiger partial charge in [0.2, 0.25) is 5.91 Å². The van der Waals surface area contributed by atoms with Crippen molar-refractivity contribution in [1.82, 2.24) is 10.3 Å². The third-order valence-corrected chi connectivity index (χ3v) is 4.66. The fraction of sp³-hybridized carbons (Fsp3) is 0.250. The number of hydrogen-bond acceptors (Lipinski definition) is 2. The zero-order valence-corrected chi connectivity index (χ0v) is 13.6. The highest BCUT2D eigenvalue weighted by atomic mass is 16.5. The lowest BCUT2D eigenvalue weighted by molar-refractivity contribution is -0.121. The number of hydrogen-bond donors (Lipinski definition) is 2. The molecule has 0 aliphatic carbocycles. The lowest BCUT2D eigenvalue weighted by atomic mass is 10.00. The fourth-order valence-corrected chi connectivity index (χ4v) is 3.46. The maximum Gasteiger partial charge on any atom is 0.224 e. The van der Waals surface area contributed by atoms with E-state index in [-0.39, 0.29) is 11.9 Å². The molecule has 0 fully saturated rings. The number of aryl methyl sites for hydroxylation is 1. The van der Waals surface area contributed by atoms with Gasteiger partial charge in [0.1, 0.15) is 5.75 Å². The summed E-state index contributed by atoms with van der Waals surface area (Å²) in [6, 6.07) is 16.0. The molecule has 0 bridgehead atoms. The van der Waals surface area contributed by atoms with Crippen LogP contribution in [-0.4, -0.2) is 17.5 Å². The Morgan fingerprint density at radius 1 is 1.21 bits per heavy atom. The molecular weight excluding hydrogens is 300 g/mol. The smallest absolute Gasteiger partial charge is 0.224 e. The van der Waals surface area contributed by atoms with Gasteiger partial charge in [-0.25, -0.2) is 0 Å². The summed E-state index contributed by atoms with van der Waals surface area (Å²) in [4.78, 5) is 16.0. The fourth-order valence-electron chi connectivity index (χ4n) is 3.46. The predicted molar refractivity (Wildman–Crippen MR) is 94.2 cm³/mol. The minimum atomic E-state index is 0.0213. The van der Waals surface area contributed by atoms with Gasteiger partial charge in [-0.15, -0.1) is 0 Å². The van der Waals surface area contributed by atoms with E-state index in [4.69, 9.17) is 4.74 Å². The van der Waals surface area contributed by atoms with Crippen LogP contribution in [0.5, 0.6) is 5.75 Å². The first-order chi connectivity index (χ1) is 11.7. The van der Waals surface area contributed by atoms with Gasteiger partial charge in [-0.2, -0.15) is 0 Å². The summed E-state index contributed by atoms with van der Waals surface area (Å²) in [5.41, 5.74) is 4.27. The number of ether oxygens (including phenoxy) is 1. The van der Waals surface area contributed by atoms with Gasteiger partial charge in [0, 0.05) is 28.6 Å². The van der Waals surface area contributed by atoms with Crippen molar-refractivity contribution in [2.75, 3.05) is 6.61 Å². The minimum Gasteiger partial charge on any atom is -0.493 e. The van der Waals surface area contributed by atoms with Gasteiger partial charge in [-0.3, -0.25) is 4.79 Å². The molecule has 2 N–H and O–H groups in total. The van der Waals surface area contributed by atoms with Crippen LogP contribution >= 0.6 is 0 Å². The van der Waals surface area contributed by atoms with Crippen LogP contribution in [0, 0.1) is 6.92 Å². The summed E-state index contributed by atoms with van der Waals surface area (Å²) < 4.78 is 5.66. The number of benzene rings is 2. The van der Waals surface area contributed by atoms with Crippen molar-refractivity contribution in [3.8, 4) is 5.75 Å². The van der Waals surface area contributed by atoms with E-state index in [9.17, 15) is 4.79 Å². The molecule has 122 valence electrons. The highest BCUT2D eigenvalue weighted by Gasteiger charge is 2.23. The van der Waals surface area contributed by atoms with Gasteiger partial charge in [0.15, 0.2) is 0 Å². The number of para-hydroxylation sites is 2. The van der Waals surface area contributed by atoms with E-state index in [1.54, 1.807) is 0 Å². The minimum absolute atomic E-state index is 0.0213. The summed E-state index contributed by atoms with van der Waals surface area (Å²) in [6.45, 7) is 2.65. The van der Waals surface area contributed by atoms with E-state index in [0.29, 0.717) is 13.0 Å². The summed E-state index contributed by atoms with van der Waals surface area (Å²) in [7, 11) is 0. The second kappa shape index (κ2) is 6.04. The second-order valence-corrected chi connectivity index (χ2v) is 6.25. The standard InChI is InChI=1S/C20H20N2O2/c1-13-16(14-6-2-4-8-17(14)21-13)12-20(23)22-18-10-11-24-19-9-5-3-7-15(18)19/h2-9,18,21H,10-12H2,1H3,(H,22,23). The number of carbonyl (C=O) groups is 1. The van der Waals surface area contributed by atoms with Gasteiger partial charge in [0.25, 0.3) is 0 Å². The first kappa shape index (κ1) is 14.8. The third kappa shape index (κ3) is 2.64. The average molecular weight is 320 g/mol. The van der Waals surface area contributed by atoms with Crippen molar-refractivity contribution >= 4 is 16.8 Å². The lowest BCUT2D eigenvalue weighted by Gasteiger charge is -2.26. The molecule has 0 saturated heterocycles. The van der Waals surface area contributed by atoms with E-state index in [1.165, 1.54) is 0 Å². The highest BCUT2D eigenvalue weighted by molar-refractivity contribution is 5.90. The molecule has 4 rings (SSSR count). The van der Waals surface area contributed by atoms with Crippen molar-refractivity contribution in [2.45, 2.75) is 25.8 Å². The van der Waals surface area contributed by atoms with Crippen molar-refractivity contribution < 1.29 is 9.53 Å². The molecule has 2 heterocycles. The molecule has 24 heavy (non-hydrogen) atoms. The van der Waals surface area contributed by atoms with Crippen LogP contribution in [-0.2, 0) is 11.2 Å². The number of aromatic nitrogens is 1. The maximum absolute atomic E-state index is 12.6. The van der Waals surface area contributed by atoms with Crippen LogP contribution in [0.4, 0.5) is 0 Å². The van der Waals surface area contributed by atoms with Crippen LogP contribution in [0.1, 0.15) is 29.3 Å². The normalized spacial score (nSPS) is 16.5. The van der Waals surface area contributed by atoms with Gasteiger partial charge in [-0.05, 0) is 24.6 Å². The topological polar surface area (TPSA) is 54.1 Å². The molecular formula is C20H20N2O2. The molecule has 0 saturated carbocycles. The first-order valence-electron chi connectivity index (χ1n) is 8.29. The van der Waals surface area contributed by atoms with E-state index in [2.05, 4.69) is 16.4 Å². The van der Waals surface area contributed by atoms with E-state index in [1.807, 2.05) is 49.4 Å². The molecule has 0 radical (unpaired) electrons. The SMILES string of the molecule is Cc1[nH]c2ccccc2c1CC(=O)NC1CCOc2ccccc21. The van der Waals surface area contributed by atoms with E-state index < -0.39 is 0 Å². The number of carbonyl (C=O) groups excluding carboxylic acids is 1. The monoisotopic (exact) mass is 320 g/mol. The molecule has 4 nitrogen and oxygen atoms in total. The van der Waals surface area contributed by atoms with Crippen LogP contribution < -0.4 is 10.1 Å². The lowest BCUT2D eigenvalue weighted by Crippen LogP contribution is -2.33. The third-order valence-electron chi connectivity index (χ3n) is 4.66. The largest absolute Gasteiger partial charge is 0.493 e. The first-order valence-corrected chi connectivity index (χ1v) is 8.29. The molecule has 1 aliphatic heterocycles. The van der Waals surface area contributed by atoms with Crippen molar-refractivity contribution in [2.24, 2.45) is 0 Å². The van der Waals surface area contributed by atoms with E-state index in [0.717, 1.165) is 39.9 Å². The number of aromatic amines is 1. The molecule has 2 aromatic carbocycles. The zero-order valence-electron chi connectivity index (χ0n) is 13.6. The van der Waals surface area contributed by atoms with Crippen molar-refractivity contribution in [1.29, 1.82) is 0 Å². The van der Waals surface area contributed by atoms with Crippen LogP contribution in [0.15, 0.2) is 48.5 Å². The van der Waals surface area contributed by atoms with E-state index >= 15 is 0 Å². The zero-order chi connectivity index (χ0) is 16.5. The second-order valence-electron chi connectivity index (χ2n) is 6.25. The molecule has 0 spiro atoms. The molecule has 1 unspecified atom stereocenters. The van der Waals surface area contributed by atoms with Crippen molar-refractivity contribution in [3.05, 3.63) is 65.4 Å². The Morgan fingerprint density at radius 3 is 2.92 bits per heavy atom. The maximum atomic E-state index is 12.6. The molecule has 1 amide bonds. The van der Waals surface area contributed by atoms with Gasteiger partial charge < -0.3 is 15.0 Å². The van der Waals surface area contributed by atoms with Gasteiger partial charge in [-0.1, -0.05) is 36.4 Å². The number of H-pyrrole nitrogens is 1. The number of amides is 1. The Balaban J connectivity index is 1.54. The number of rotatable bonds is 3. The van der Waals surface area contributed by atoms with Crippen LogP contribution in [0.25, 0.3) is 10.9 Å². The van der Waals surface area contributed by atoms with Gasteiger partial charge >= 0.3 is 0 Å². The average Bonchev–Trinajstić information content (AvgIpc) is 2.91. The molecule has 1 aromatic heterocycles. The van der Waals surface area contributed by atoms with Crippen molar-refractivity contribution in [3.63, 3.8) is 0 Å². The molecule has 1 aliphatic rings. The predicted octanol–water partition coefficient (Wildman–Crippen LogP) is 3.66. The Hall–Kier alpha value is -2.75. The Bertz CT molecular complexity index is 898. The van der Waals surface area contributed by atoms with Crippen LogP contribution in [0.3, 0.4) is 0 Å². The molecule has 3 aromatic rings. The Morgan fingerprint density at radius 2 is 2.00 bits per heavy atom.